The normalized spacial score (nSPS) is 10.6. The van der Waals surface area contributed by atoms with Gasteiger partial charge in [-0.15, -0.1) is 0 Å². The highest BCUT2D eigenvalue weighted by Gasteiger charge is 2.14. The molecule has 120 valence electrons. The highest BCUT2D eigenvalue weighted by molar-refractivity contribution is 5.90. The lowest BCUT2D eigenvalue weighted by Gasteiger charge is -2.06. The van der Waals surface area contributed by atoms with E-state index in [1.54, 1.807) is 37.5 Å². The molecule has 0 atom stereocenters. The molecule has 0 spiro atoms. The second-order valence-corrected chi connectivity index (χ2v) is 4.43. The van der Waals surface area contributed by atoms with Crippen LogP contribution in [0.15, 0.2) is 42.6 Å². The van der Waals surface area contributed by atoms with Crippen molar-refractivity contribution in [3.63, 3.8) is 0 Å². The number of nitrogens with one attached hydrogen (secondary N) is 2. The van der Waals surface area contributed by atoms with Crippen molar-refractivity contribution in [1.82, 2.24) is 5.32 Å². The summed E-state index contributed by atoms with van der Waals surface area (Å²) in [7, 11) is 1.55. The maximum absolute atomic E-state index is 13.4. The molecule has 23 heavy (non-hydrogen) atoms. The Morgan fingerprint density at radius 1 is 1.04 bits per heavy atom. The first-order valence-corrected chi connectivity index (χ1v) is 6.53. The molecule has 2 aromatic carbocycles. The summed E-state index contributed by atoms with van der Waals surface area (Å²) in [5.41, 5.74) is 0.337. The number of ether oxygens (including phenoxy) is 1. The third-order valence-corrected chi connectivity index (χ3v) is 2.89. The lowest BCUT2D eigenvalue weighted by molar-refractivity contribution is 0.255. The summed E-state index contributed by atoms with van der Waals surface area (Å²) in [6, 6.07) is 7.89. The minimum Gasteiger partial charge on any atom is -0.497 e. The van der Waals surface area contributed by atoms with E-state index in [0.29, 0.717) is 5.75 Å². The lowest BCUT2D eigenvalue weighted by atomic mass is 10.2. The second kappa shape index (κ2) is 7.35. The zero-order chi connectivity index (χ0) is 16.8. The molecule has 0 saturated heterocycles. The van der Waals surface area contributed by atoms with E-state index in [1.165, 1.54) is 6.20 Å². The summed E-state index contributed by atoms with van der Waals surface area (Å²) >= 11 is 0. The molecule has 0 saturated carbocycles. The van der Waals surface area contributed by atoms with Gasteiger partial charge in [0.15, 0.2) is 17.5 Å². The molecule has 2 aromatic rings. The van der Waals surface area contributed by atoms with Crippen LogP contribution in [0.5, 0.6) is 5.75 Å². The molecular weight excluding hydrogens is 309 g/mol. The van der Waals surface area contributed by atoms with E-state index in [0.717, 1.165) is 17.7 Å². The molecular formula is C16H13F3N2O2. The van der Waals surface area contributed by atoms with Crippen molar-refractivity contribution in [1.29, 1.82) is 0 Å². The van der Waals surface area contributed by atoms with Crippen molar-refractivity contribution in [2.45, 2.75) is 0 Å². The minimum atomic E-state index is -1.64. The van der Waals surface area contributed by atoms with Gasteiger partial charge in [-0.1, -0.05) is 12.1 Å². The van der Waals surface area contributed by atoms with Crippen molar-refractivity contribution >= 4 is 17.8 Å². The topological polar surface area (TPSA) is 50.4 Å². The van der Waals surface area contributed by atoms with Crippen molar-refractivity contribution in [3.05, 3.63) is 65.6 Å². The molecule has 0 aliphatic heterocycles. The Kier molecular flexibility index (Phi) is 5.24. The van der Waals surface area contributed by atoms with Crippen LogP contribution in [-0.2, 0) is 0 Å². The first-order valence-electron chi connectivity index (χ1n) is 6.53. The van der Waals surface area contributed by atoms with E-state index in [9.17, 15) is 18.0 Å². The molecule has 0 heterocycles. The first-order chi connectivity index (χ1) is 11.0. The van der Waals surface area contributed by atoms with Gasteiger partial charge in [-0.2, -0.15) is 0 Å². The summed E-state index contributed by atoms with van der Waals surface area (Å²) < 4.78 is 44.2. The van der Waals surface area contributed by atoms with E-state index < -0.39 is 29.2 Å². The summed E-state index contributed by atoms with van der Waals surface area (Å²) in [6.07, 6.45) is 2.93. The third-order valence-electron chi connectivity index (χ3n) is 2.89. The smallest absolute Gasteiger partial charge is 0.323 e. The molecule has 2 N–H and O–H groups in total. The maximum atomic E-state index is 13.4. The standard InChI is InChI=1S/C16H13F3N2O2/c1-23-11-4-2-10(3-5-11)8-9-20-16(22)21-13-7-6-12(17)14(18)15(13)19/h2-9H,1H3,(H2,20,21,22)/b9-8+. The van der Waals surface area contributed by atoms with E-state index in [2.05, 4.69) is 10.6 Å². The van der Waals surface area contributed by atoms with Gasteiger partial charge in [0, 0.05) is 6.20 Å². The predicted octanol–water partition coefficient (Wildman–Crippen LogP) is 3.90. The number of rotatable bonds is 4. The zero-order valence-corrected chi connectivity index (χ0v) is 12.1. The van der Waals surface area contributed by atoms with Crippen molar-refractivity contribution < 1.29 is 22.7 Å². The number of urea groups is 1. The summed E-state index contributed by atoms with van der Waals surface area (Å²) in [4.78, 5) is 11.6. The van der Waals surface area contributed by atoms with Gasteiger partial charge >= 0.3 is 6.03 Å². The van der Waals surface area contributed by atoms with Gasteiger partial charge in [0.25, 0.3) is 0 Å². The van der Waals surface area contributed by atoms with Crippen LogP contribution in [0.1, 0.15) is 5.56 Å². The van der Waals surface area contributed by atoms with Crippen LogP contribution in [0, 0.1) is 17.5 Å². The van der Waals surface area contributed by atoms with E-state index >= 15 is 0 Å². The Labute approximate surface area is 130 Å². The number of amides is 2. The Balaban J connectivity index is 1.94. The maximum Gasteiger partial charge on any atom is 0.323 e. The predicted molar refractivity (Wildman–Crippen MR) is 80.5 cm³/mol. The molecule has 4 nitrogen and oxygen atoms in total. The van der Waals surface area contributed by atoms with Crippen LogP contribution in [0.25, 0.3) is 6.08 Å². The van der Waals surface area contributed by atoms with E-state index in [4.69, 9.17) is 4.74 Å². The van der Waals surface area contributed by atoms with Gasteiger partial charge in [-0.3, -0.25) is 0 Å². The number of hydrogen-bond acceptors (Lipinski definition) is 2. The SMILES string of the molecule is COc1ccc(/C=C/NC(=O)Nc2ccc(F)c(F)c2F)cc1. The number of benzene rings is 2. The number of methoxy groups -OCH3 is 1. The number of hydrogen-bond donors (Lipinski definition) is 2. The molecule has 0 aliphatic rings. The number of carbonyl (C=O) groups is 1. The molecule has 7 heteroatoms. The van der Waals surface area contributed by atoms with Crippen molar-refractivity contribution in [2.75, 3.05) is 12.4 Å². The fourth-order valence-electron chi connectivity index (χ4n) is 1.71. The number of carbonyl (C=O) groups excluding carboxylic acids is 1. The van der Waals surface area contributed by atoms with Gasteiger partial charge in [-0.25, -0.2) is 18.0 Å². The third kappa shape index (κ3) is 4.26. The highest BCUT2D eigenvalue weighted by Crippen LogP contribution is 2.19. The van der Waals surface area contributed by atoms with Crippen LogP contribution < -0.4 is 15.4 Å². The van der Waals surface area contributed by atoms with Crippen LogP contribution in [0.2, 0.25) is 0 Å². The molecule has 0 aromatic heterocycles. The van der Waals surface area contributed by atoms with Crippen LogP contribution in [0.3, 0.4) is 0 Å². The lowest BCUT2D eigenvalue weighted by Crippen LogP contribution is -2.24. The highest BCUT2D eigenvalue weighted by atomic mass is 19.2. The van der Waals surface area contributed by atoms with Crippen LogP contribution in [0.4, 0.5) is 23.7 Å². The number of anilines is 1. The molecule has 0 radical (unpaired) electrons. The van der Waals surface area contributed by atoms with Gasteiger partial charge in [0.2, 0.25) is 0 Å². The Morgan fingerprint density at radius 2 is 1.74 bits per heavy atom. The quantitative estimate of drug-likeness (QED) is 0.839. The first kappa shape index (κ1) is 16.4. The molecule has 0 aliphatic carbocycles. The monoisotopic (exact) mass is 322 g/mol. The average molecular weight is 322 g/mol. The van der Waals surface area contributed by atoms with Gasteiger partial charge in [0.1, 0.15) is 5.75 Å². The molecule has 0 fully saturated rings. The molecule has 2 amide bonds. The van der Waals surface area contributed by atoms with E-state index in [-0.39, 0.29) is 0 Å². The zero-order valence-electron chi connectivity index (χ0n) is 12.1. The van der Waals surface area contributed by atoms with Gasteiger partial charge in [-0.05, 0) is 35.9 Å². The van der Waals surface area contributed by atoms with Crippen molar-refractivity contribution in [2.24, 2.45) is 0 Å². The summed E-state index contributed by atoms with van der Waals surface area (Å²) in [6.45, 7) is 0. The summed E-state index contributed by atoms with van der Waals surface area (Å²) in [5.74, 6) is -3.73. The van der Waals surface area contributed by atoms with Gasteiger partial charge < -0.3 is 15.4 Å². The van der Waals surface area contributed by atoms with Crippen molar-refractivity contribution in [3.8, 4) is 5.75 Å². The average Bonchev–Trinajstić information content (AvgIpc) is 2.56. The second-order valence-electron chi connectivity index (χ2n) is 4.43. The Bertz CT molecular complexity index is 731. The molecule has 2 rings (SSSR count). The summed E-state index contributed by atoms with van der Waals surface area (Å²) in [5, 5.41) is 4.40. The van der Waals surface area contributed by atoms with Crippen LogP contribution >= 0.6 is 0 Å². The largest absolute Gasteiger partial charge is 0.497 e. The number of halogens is 3. The van der Waals surface area contributed by atoms with E-state index in [1.807, 2.05) is 0 Å². The van der Waals surface area contributed by atoms with Crippen LogP contribution in [-0.4, -0.2) is 13.1 Å². The fourth-order valence-corrected chi connectivity index (χ4v) is 1.71. The molecule has 0 bridgehead atoms. The Hall–Kier alpha value is -2.96. The Morgan fingerprint density at radius 3 is 2.39 bits per heavy atom. The minimum absolute atomic E-state index is 0.459. The molecule has 0 unspecified atom stereocenters. The fraction of sp³-hybridized carbons (Fsp3) is 0.0625. The van der Waals surface area contributed by atoms with Gasteiger partial charge in [0.05, 0.1) is 12.8 Å².